The molecule has 0 N–H and O–H groups in total. The van der Waals surface area contributed by atoms with Crippen molar-refractivity contribution in [2.75, 3.05) is 0 Å². The summed E-state index contributed by atoms with van der Waals surface area (Å²) in [6.45, 7) is 0. The van der Waals surface area contributed by atoms with E-state index in [1.165, 1.54) is 107 Å². The predicted octanol–water partition coefficient (Wildman–Crippen LogP) is 20.2. The van der Waals surface area contributed by atoms with Crippen LogP contribution in [0, 0.1) is 0 Å². The maximum absolute atomic E-state index is 4.91. The van der Waals surface area contributed by atoms with E-state index in [1.54, 1.807) is 0 Å². The number of benzene rings is 10. The molecule has 0 atom stereocenters. The summed E-state index contributed by atoms with van der Waals surface area (Å²) in [6, 6.07) is 92.7. The highest BCUT2D eigenvalue weighted by Gasteiger charge is 2.18. The van der Waals surface area contributed by atoms with Gasteiger partial charge in [0, 0.05) is 63.9 Å². The summed E-state index contributed by atoms with van der Waals surface area (Å²) >= 11 is 3.75. The summed E-state index contributed by atoms with van der Waals surface area (Å²) in [5, 5.41) is 5.12. The standard InChI is InChI=1S/C70H44N2S2/c1-5-15-45(16-6-1)51-27-29-67-61(37-51)63-41-57(47-19-9-3-10-20-47)39-59(69(63)73-67)55-25-13-23-49(35-55)53-31-33-71-65(43-53)66-44-54(32-34-72-66)50-24-14-26-56(36-50)60-40-58(48-21-11-4-12-22-48)42-64-62-38-52(46-17-7-2-8-18-46)28-30-68(62)74-70(60)64/h1-44H. The first-order chi connectivity index (χ1) is 36.6. The van der Waals surface area contributed by atoms with Gasteiger partial charge in [-0.2, -0.15) is 0 Å². The first-order valence-electron chi connectivity index (χ1n) is 25.0. The minimum Gasteiger partial charge on any atom is -0.255 e. The Balaban J connectivity index is 0.825. The topological polar surface area (TPSA) is 25.8 Å². The molecular formula is C70H44N2S2. The van der Waals surface area contributed by atoms with E-state index in [0.29, 0.717) is 0 Å². The summed E-state index contributed by atoms with van der Waals surface area (Å²) < 4.78 is 5.14. The SMILES string of the molecule is c1ccc(-c2ccc3sc4c(-c5cccc(-c6ccnc(-c7cc(-c8cccc(-c9cc(-c%10ccccc%10)cc%10c9sc9ccc(-c%11ccccc%11)cc9%10)c8)ccn7)c6)c5)cc(-c5ccccc5)cc4c3c2)cc1. The molecule has 0 aliphatic carbocycles. The molecule has 0 fully saturated rings. The minimum absolute atomic E-state index is 0.829. The van der Waals surface area contributed by atoms with Gasteiger partial charge >= 0.3 is 0 Å². The molecule has 10 aromatic carbocycles. The van der Waals surface area contributed by atoms with E-state index in [2.05, 4.69) is 255 Å². The molecule has 0 saturated carbocycles. The molecule has 14 rings (SSSR count). The lowest BCUT2D eigenvalue weighted by Gasteiger charge is -2.12. The second kappa shape index (κ2) is 18.5. The Kier molecular flexibility index (Phi) is 10.9. The van der Waals surface area contributed by atoms with Gasteiger partial charge in [0.25, 0.3) is 0 Å². The van der Waals surface area contributed by atoms with Crippen molar-refractivity contribution in [3.8, 4) is 100 Å². The van der Waals surface area contributed by atoms with Crippen LogP contribution in [0.4, 0.5) is 0 Å². The molecule has 0 unspecified atom stereocenters. The van der Waals surface area contributed by atoms with Crippen LogP contribution in [0.2, 0.25) is 0 Å². The van der Waals surface area contributed by atoms with Crippen molar-refractivity contribution in [3.63, 3.8) is 0 Å². The lowest BCUT2D eigenvalue weighted by Crippen LogP contribution is -1.90. The zero-order chi connectivity index (χ0) is 49.0. The largest absolute Gasteiger partial charge is 0.255 e. The second-order valence-corrected chi connectivity index (χ2v) is 21.0. The van der Waals surface area contributed by atoms with Gasteiger partial charge < -0.3 is 0 Å². The third-order valence-corrected chi connectivity index (χ3v) is 16.8. The van der Waals surface area contributed by atoms with Gasteiger partial charge in [-0.3, -0.25) is 9.97 Å². The molecule has 0 aliphatic heterocycles. The van der Waals surface area contributed by atoms with Gasteiger partial charge in [0.2, 0.25) is 0 Å². The molecule has 14 aromatic rings. The van der Waals surface area contributed by atoms with Gasteiger partial charge in [-0.15, -0.1) is 22.7 Å². The van der Waals surface area contributed by atoms with Crippen molar-refractivity contribution < 1.29 is 0 Å². The lowest BCUT2D eigenvalue weighted by atomic mass is 9.93. The van der Waals surface area contributed by atoms with Crippen molar-refractivity contribution in [1.29, 1.82) is 0 Å². The van der Waals surface area contributed by atoms with Gasteiger partial charge in [0.15, 0.2) is 0 Å². The smallest absolute Gasteiger partial charge is 0.0892 e. The number of nitrogens with zero attached hydrogens (tertiary/aromatic N) is 2. The van der Waals surface area contributed by atoms with Crippen molar-refractivity contribution in [1.82, 2.24) is 9.97 Å². The maximum atomic E-state index is 4.91. The fourth-order valence-corrected chi connectivity index (χ4v) is 13.0. The first kappa shape index (κ1) is 43.7. The number of hydrogen-bond donors (Lipinski definition) is 0. The summed E-state index contributed by atoms with van der Waals surface area (Å²) in [7, 11) is 0. The highest BCUT2D eigenvalue weighted by atomic mass is 32.1. The molecule has 4 heterocycles. The third-order valence-electron chi connectivity index (χ3n) is 14.4. The van der Waals surface area contributed by atoms with Crippen LogP contribution in [-0.2, 0) is 0 Å². The number of aromatic nitrogens is 2. The van der Waals surface area contributed by atoms with Crippen LogP contribution in [0.3, 0.4) is 0 Å². The van der Waals surface area contributed by atoms with Crippen LogP contribution in [0.5, 0.6) is 0 Å². The number of hydrogen-bond acceptors (Lipinski definition) is 4. The minimum atomic E-state index is 0.829. The van der Waals surface area contributed by atoms with Crippen LogP contribution < -0.4 is 0 Å². The zero-order valence-electron chi connectivity index (χ0n) is 40.1. The Morgan fingerprint density at radius 1 is 0.216 bits per heavy atom. The molecule has 0 radical (unpaired) electrons. The van der Waals surface area contributed by atoms with Gasteiger partial charge in [0.1, 0.15) is 0 Å². The van der Waals surface area contributed by atoms with E-state index < -0.39 is 0 Å². The zero-order valence-corrected chi connectivity index (χ0v) is 41.7. The van der Waals surface area contributed by atoms with E-state index in [1.807, 2.05) is 35.1 Å². The Morgan fingerprint density at radius 2 is 0.541 bits per heavy atom. The van der Waals surface area contributed by atoms with Crippen molar-refractivity contribution in [3.05, 3.63) is 267 Å². The van der Waals surface area contributed by atoms with Gasteiger partial charge in [-0.25, -0.2) is 0 Å². The summed E-state index contributed by atoms with van der Waals surface area (Å²) in [6.07, 6.45) is 3.82. The van der Waals surface area contributed by atoms with Crippen LogP contribution in [0.1, 0.15) is 0 Å². The fourth-order valence-electron chi connectivity index (χ4n) is 10.6. The Bertz CT molecular complexity index is 4120. The molecule has 2 nitrogen and oxygen atoms in total. The van der Waals surface area contributed by atoms with Crippen LogP contribution in [-0.4, -0.2) is 9.97 Å². The second-order valence-electron chi connectivity index (χ2n) is 18.9. The third kappa shape index (κ3) is 8.07. The molecule has 0 bridgehead atoms. The number of pyridine rings is 2. The Hall–Kier alpha value is -9.06. The van der Waals surface area contributed by atoms with Crippen LogP contribution >= 0.6 is 22.7 Å². The lowest BCUT2D eigenvalue weighted by molar-refractivity contribution is 1.25. The fraction of sp³-hybridized carbons (Fsp3) is 0. The monoisotopic (exact) mass is 976 g/mol. The summed E-state index contributed by atoms with van der Waals surface area (Å²) in [5.41, 5.74) is 20.6. The van der Waals surface area contributed by atoms with Crippen molar-refractivity contribution >= 4 is 63.0 Å². The highest BCUT2D eigenvalue weighted by molar-refractivity contribution is 7.26. The van der Waals surface area contributed by atoms with Crippen LogP contribution in [0.25, 0.3) is 141 Å². The van der Waals surface area contributed by atoms with Crippen LogP contribution in [0.15, 0.2) is 267 Å². The van der Waals surface area contributed by atoms with E-state index in [4.69, 9.17) is 9.97 Å². The predicted molar refractivity (Wildman–Crippen MR) is 317 cm³/mol. The molecule has 0 amide bonds. The number of thiophene rings is 2. The Morgan fingerprint density at radius 3 is 0.946 bits per heavy atom. The van der Waals surface area contributed by atoms with Gasteiger partial charge in [-0.05, 0) is 163 Å². The molecule has 4 heteroatoms. The average Bonchev–Trinajstić information content (AvgIpc) is 4.05. The van der Waals surface area contributed by atoms with Gasteiger partial charge in [-0.1, -0.05) is 170 Å². The average molecular weight is 977 g/mol. The molecule has 4 aromatic heterocycles. The molecule has 0 spiro atoms. The summed E-state index contributed by atoms with van der Waals surface area (Å²) in [4.78, 5) is 9.83. The molecule has 346 valence electrons. The summed E-state index contributed by atoms with van der Waals surface area (Å²) in [5.74, 6) is 0. The first-order valence-corrected chi connectivity index (χ1v) is 26.6. The van der Waals surface area contributed by atoms with E-state index in [9.17, 15) is 0 Å². The molecular weight excluding hydrogens is 933 g/mol. The van der Waals surface area contributed by atoms with E-state index >= 15 is 0 Å². The molecule has 0 saturated heterocycles. The van der Waals surface area contributed by atoms with Crippen molar-refractivity contribution in [2.24, 2.45) is 0 Å². The maximum Gasteiger partial charge on any atom is 0.0892 e. The normalized spacial score (nSPS) is 11.5. The number of rotatable bonds is 9. The van der Waals surface area contributed by atoms with Crippen molar-refractivity contribution in [2.45, 2.75) is 0 Å². The highest BCUT2D eigenvalue weighted by Crippen LogP contribution is 2.47. The van der Waals surface area contributed by atoms with E-state index in [-0.39, 0.29) is 0 Å². The number of fused-ring (bicyclic) bond motifs is 6. The molecule has 74 heavy (non-hydrogen) atoms. The Labute approximate surface area is 437 Å². The quantitative estimate of drug-likeness (QED) is 0.144. The van der Waals surface area contributed by atoms with E-state index in [0.717, 1.165) is 33.6 Å². The molecule has 0 aliphatic rings. The van der Waals surface area contributed by atoms with Gasteiger partial charge in [0.05, 0.1) is 11.4 Å².